The average molecular weight is 322 g/mol. The van der Waals surface area contributed by atoms with Gasteiger partial charge in [0.1, 0.15) is 5.82 Å². The maximum absolute atomic E-state index is 11.7. The third kappa shape index (κ3) is 2.64. The highest BCUT2D eigenvalue weighted by Crippen LogP contribution is 2.22. The predicted molar refractivity (Wildman–Crippen MR) is 81.8 cm³/mol. The van der Waals surface area contributed by atoms with Crippen LogP contribution in [0.5, 0.6) is 0 Å². The molecule has 108 valence electrons. The summed E-state index contributed by atoms with van der Waals surface area (Å²) in [4.78, 5) is 21.4. The Kier molecular flexibility index (Phi) is 3.90. The van der Waals surface area contributed by atoms with Crippen LogP contribution in [0.4, 0.5) is 0 Å². The van der Waals surface area contributed by atoms with Crippen LogP contribution in [0, 0.1) is 0 Å². The minimum absolute atomic E-state index is 0.307. The summed E-state index contributed by atoms with van der Waals surface area (Å²) in [6.45, 7) is 0.633. The molecule has 0 fully saturated rings. The van der Waals surface area contributed by atoms with Crippen molar-refractivity contribution < 1.29 is 9.53 Å². The number of esters is 1. The van der Waals surface area contributed by atoms with Crippen LogP contribution in [0.15, 0.2) is 29.9 Å². The van der Waals surface area contributed by atoms with Gasteiger partial charge in [0.2, 0.25) is 0 Å². The summed E-state index contributed by atoms with van der Waals surface area (Å²) in [5.41, 5.74) is 3.95. The first kappa shape index (κ1) is 14.0. The lowest BCUT2D eigenvalue weighted by Gasteiger charge is -2.06. The zero-order valence-corrected chi connectivity index (χ0v) is 12.8. The number of halogens is 1. The fraction of sp³-hybridized carbons (Fsp3) is 0.214. The molecule has 0 saturated carbocycles. The Morgan fingerprint density at radius 1 is 1.48 bits per heavy atom. The first-order valence-electron chi connectivity index (χ1n) is 6.23. The molecule has 3 aromatic rings. The van der Waals surface area contributed by atoms with E-state index in [-0.39, 0.29) is 5.97 Å². The van der Waals surface area contributed by atoms with Gasteiger partial charge < -0.3 is 9.30 Å². The summed E-state index contributed by atoms with van der Waals surface area (Å²) in [6.07, 6.45) is 1.82. The number of alkyl halides is 1. The summed E-state index contributed by atoms with van der Waals surface area (Å²) in [7, 11) is 1.37. The fourth-order valence-corrected chi connectivity index (χ4v) is 2.96. The van der Waals surface area contributed by atoms with Gasteiger partial charge >= 0.3 is 5.97 Å². The molecule has 21 heavy (non-hydrogen) atoms. The van der Waals surface area contributed by atoms with Crippen molar-refractivity contribution in [3.05, 3.63) is 46.2 Å². The molecule has 3 rings (SSSR count). The molecule has 5 nitrogen and oxygen atoms in total. The van der Waals surface area contributed by atoms with Gasteiger partial charge in [0.05, 0.1) is 41.6 Å². The third-order valence-electron chi connectivity index (χ3n) is 3.17. The van der Waals surface area contributed by atoms with Crippen LogP contribution in [-0.4, -0.2) is 27.6 Å². The lowest BCUT2D eigenvalue weighted by atomic mass is 10.2. The SMILES string of the molecule is COC(=O)c1ccc2nc(CCl)n(Cc3cncs3)c2c1. The smallest absolute Gasteiger partial charge is 0.337 e. The van der Waals surface area contributed by atoms with E-state index >= 15 is 0 Å². The Balaban J connectivity index is 2.12. The molecule has 0 aliphatic heterocycles. The van der Waals surface area contributed by atoms with Gasteiger partial charge in [-0.05, 0) is 18.2 Å². The second-order valence-electron chi connectivity index (χ2n) is 4.41. The molecule has 0 atom stereocenters. The van der Waals surface area contributed by atoms with Crippen molar-refractivity contribution >= 4 is 39.9 Å². The molecule has 0 saturated heterocycles. The van der Waals surface area contributed by atoms with Crippen molar-refractivity contribution in [3.63, 3.8) is 0 Å². The topological polar surface area (TPSA) is 57.0 Å². The Hall–Kier alpha value is -1.92. The zero-order valence-electron chi connectivity index (χ0n) is 11.2. The summed E-state index contributed by atoms with van der Waals surface area (Å²) in [5, 5.41) is 0. The fourth-order valence-electron chi connectivity index (χ4n) is 2.17. The lowest BCUT2D eigenvalue weighted by Crippen LogP contribution is -2.04. The molecular weight excluding hydrogens is 310 g/mol. The maximum atomic E-state index is 11.7. The van der Waals surface area contributed by atoms with E-state index in [1.54, 1.807) is 35.0 Å². The first-order chi connectivity index (χ1) is 10.2. The number of fused-ring (bicyclic) bond motifs is 1. The van der Waals surface area contributed by atoms with E-state index in [0.717, 1.165) is 21.7 Å². The Morgan fingerprint density at radius 2 is 2.33 bits per heavy atom. The quantitative estimate of drug-likeness (QED) is 0.547. The molecule has 0 amide bonds. The Labute approximate surface area is 130 Å². The van der Waals surface area contributed by atoms with Gasteiger partial charge in [-0.2, -0.15) is 0 Å². The summed E-state index contributed by atoms with van der Waals surface area (Å²) in [5.74, 6) is 0.707. The second-order valence-corrected chi connectivity index (χ2v) is 5.65. The predicted octanol–water partition coefficient (Wildman–Crippen LogP) is 3.07. The van der Waals surface area contributed by atoms with E-state index in [4.69, 9.17) is 16.3 Å². The maximum Gasteiger partial charge on any atom is 0.337 e. The molecule has 1 aromatic carbocycles. The van der Waals surface area contributed by atoms with Gasteiger partial charge in [0, 0.05) is 11.1 Å². The van der Waals surface area contributed by atoms with Crippen LogP contribution >= 0.6 is 22.9 Å². The largest absolute Gasteiger partial charge is 0.465 e. The Morgan fingerprint density at radius 3 is 3.00 bits per heavy atom. The number of rotatable bonds is 4. The molecule has 7 heteroatoms. The number of aromatic nitrogens is 3. The van der Waals surface area contributed by atoms with Crippen LogP contribution in [0.3, 0.4) is 0 Å². The molecule has 0 unspecified atom stereocenters. The minimum atomic E-state index is -0.366. The number of thiazole rings is 1. The van der Waals surface area contributed by atoms with Crippen molar-refractivity contribution in [1.29, 1.82) is 0 Å². The molecule has 0 aliphatic rings. The molecule has 0 bridgehead atoms. The van der Waals surface area contributed by atoms with Crippen LogP contribution < -0.4 is 0 Å². The van der Waals surface area contributed by atoms with Gasteiger partial charge in [-0.15, -0.1) is 22.9 Å². The van der Waals surface area contributed by atoms with Gasteiger partial charge in [-0.25, -0.2) is 9.78 Å². The molecule has 2 aromatic heterocycles. The van der Waals surface area contributed by atoms with Gasteiger partial charge in [0.15, 0.2) is 0 Å². The van der Waals surface area contributed by atoms with E-state index in [0.29, 0.717) is 18.0 Å². The number of benzene rings is 1. The Bertz CT molecular complexity index is 783. The zero-order chi connectivity index (χ0) is 14.8. The average Bonchev–Trinajstić information content (AvgIpc) is 3.14. The number of methoxy groups -OCH3 is 1. The number of hydrogen-bond acceptors (Lipinski definition) is 5. The number of ether oxygens (including phenoxy) is 1. The monoisotopic (exact) mass is 321 g/mol. The molecule has 0 aliphatic carbocycles. The van der Waals surface area contributed by atoms with E-state index in [1.807, 2.05) is 10.8 Å². The first-order valence-corrected chi connectivity index (χ1v) is 7.65. The highest BCUT2D eigenvalue weighted by Gasteiger charge is 2.14. The molecular formula is C14H12ClN3O2S. The van der Waals surface area contributed by atoms with Crippen molar-refractivity contribution in [2.75, 3.05) is 7.11 Å². The van der Waals surface area contributed by atoms with E-state index in [9.17, 15) is 4.79 Å². The summed E-state index contributed by atoms with van der Waals surface area (Å²) in [6, 6.07) is 5.29. The lowest BCUT2D eigenvalue weighted by molar-refractivity contribution is 0.0601. The third-order valence-corrected chi connectivity index (χ3v) is 4.17. The van der Waals surface area contributed by atoms with E-state index < -0.39 is 0 Å². The number of hydrogen-bond donors (Lipinski definition) is 0. The summed E-state index contributed by atoms with van der Waals surface area (Å²) >= 11 is 7.56. The van der Waals surface area contributed by atoms with Crippen LogP contribution in [0.25, 0.3) is 11.0 Å². The van der Waals surface area contributed by atoms with Crippen LogP contribution in [-0.2, 0) is 17.2 Å². The van der Waals surface area contributed by atoms with Gasteiger partial charge in [-0.1, -0.05) is 0 Å². The van der Waals surface area contributed by atoms with Crippen LogP contribution in [0.1, 0.15) is 21.1 Å². The number of carbonyl (C=O) groups is 1. The minimum Gasteiger partial charge on any atom is -0.465 e. The van der Waals surface area contributed by atoms with Crippen molar-refractivity contribution in [2.24, 2.45) is 0 Å². The van der Waals surface area contributed by atoms with Crippen molar-refractivity contribution in [1.82, 2.24) is 14.5 Å². The molecule has 2 heterocycles. The molecule has 0 radical (unpaired) electrons. The second kappa shape index (κ2) is 5.83. The summed E-state index contributed by atoms with van der Waals surface area (Å²) < 4.78 is 6.76. The number of imidazole rings is 1. The highest BCUT2D eigenvalue weighted by atomic mass is 35.5. The number of carbonyl (C=O) groups excluding carboxylic acids is 1. The number of nitrogens with zero attached hydrogens (tertiary/aromatic N) is 3. The van der Waals surface area contributed by atoms with Crippen molar-refractivity contribution in [3.8, 4) is 0 Å². The van der Waals surface area contributed by atoms with Gasteiger partial charge in [0.25, 0.3) is 0 Å². The van der Waals surface area contributed by atoms with E-state index in [1.165, 1.54) is 7.11 Å². The van der Waals surface area contributed by atoms with Crippen molar-refractivity contribution in [2.45, 2.75) is 12.4 Å². The van der Waals surface area contributed by atoms with Crippen LogP contribution in [0.2, 0.25) is 0 Å². The standard InChI is InChI=1S/C14H12ClN3O2S/c1-20-14(19)9-2-3-11-12(4-9)18(13(5-15)17-11)7-10-6-16-8-21-10/h2-4,6,8H,5,7H2,1H3. The molecule has 0 spiro atoms. The highest BCUT2D eigenvalue weighted by molar-refractivity contribution is 7.09. The normalized spacial score (nSPS) is 11.0. The molecule has 0 N–H and O–H groups in total. The van der Waals surface area contributed by atoms with Gasteiger partial charge in [-0.3, -0.25) is 4.98 Å². The van der Waals surface area contributed by atoms with E-state index in [2.05, 4.69) is 9.97 Å².